The summed E-state index contributed by atoms with van der Waals surface area (Å²) in [4.78, 5) is 2.37. The lowest BCUT2D eigenvalue weighted by atomic mass is 10.2. The lowest BCUT2D eigenvalue weighted by molar-refractivity contribution is 0.734. The van der Waals surface area contributed by atoms with E-state index in [-0.39, 0.29) is 0 Å². The molecule has 2 aromatic rings. The summed E-state index contributed by atoms with van der Waals surface area (Å²) in [7, 11) is 0. The van der Waals surface area contributed by atoms with Gasteiger partial charge in [-0.1, -0.05) is 6.42 Å². The third-order valence-electron chi connectivity index (χ3n) is 4.15. The van der Waals surface area contributed by atoms with Gasteiger partial charge in [-0.25, -0.2) is 4.68 Å². The molecule has 118 valence electrons. The number of hydrogen-bond acceptors (Lipinski definition) is 5. The van der Waals surface area contributed by atoms with Crippen LogP contribution < -0.4 is 4.90 Å². The van der Waals surface area contributed by atoms with Crippen LogP contribution >= 0.6 is 11.8 Å². The fraction of sp³-hybridized carbons (Fsp3) is 0.562. The second kappa shape index (κ2) is 6.69. The van der Waals surface area contributed by atoms with E-state index in [1.165, 1.54) is 19.3 Å². The summed E-state index contributed by atoms with van der Waals surface area (Å²) >= 11 is 1.96. The van der Waals surface area contributed by atoms with Crippen molar-refractivity contribution in [2.24, 2.45) is 0 Å². The number of aromatic nitrogens is 4. The fourth-order valence-corrected chi connectivity index (χ4v) is 3.70. The molecule has 1 atom stereocenters. The van der Waals surface area contributed by atoms with Gasteiger partial charge < -0.3 is 4.90 Å². The summed E-state index contributed by atoms with van der Waals surface area (Å²) in [5.41, 5.74) is 2.08. The number of hydrogen-bond donors (Lipinski definition) is 0. The predicted octanol–water partition coefficient (Wildman–Crippen LogP) is 3.00. The van der Waals surface area contributed by atoms with Crippen molar-refractivity contribution in [3.05, 3.63) is 29.6 Å². The smallest absolute Gasteiger partial charge is 0.176 e. The van der Waals surface area contributed by atoms with Gasteiger partial charge in [-0.05, 0) is 51.1 Å². The quantitative estimate of drug-likeness (QED) is 0.871. The maximum absolute atomic E-state index is 4.46. The summed E-state index contributed by atoms with van der Waals surface area (Å²) in [6, 6.07) is 6.13. The first-order valence-electron chi connectivity index (χ1n) is 7.82. The van der Waals surface area contributed by atoms with Gasteiger partial charge in [0, 0.05) is 24.0 Å². The van der Waals surface area contributed by atoms with E-state index >= 15 is 0 Å². The Balaban J connectivity index is 1.80. The normalized spacial score (nSPS) is 19.2. The van der Waals surface area contributed by atoms with Gasteiger partial charge in [-0.15, -0.1) is 10.2 Å². The van der Waals surface area contributed by atoms with E-state index in [9.17, 15) is 0 Å². The van der Waals surface area contributed by atoms with Crippen LogP contribution in [0, 0.1) is 13.8 Å². The standard InChI is InChI=1S/C16H23N5S/c1-12-10-13(2)21(19-12)16-8-7-15(17-18-16)20-9-5-4-6-14(11-20)22-3/h7-8,10,14H,4-6,9,11H2,1-3H3. The molecule has 0 bridgehead atoms. The van der Waals surface area contributed by atoms with Crippen molar-refractivity contribution in [2.45, 2.75) is 38.4 Å². The van der Waals surface area contributed by atoms with Crippen LogP contribution in [0.1, 0.15) is 30.7 Å². The Hall–Kier alpha value is -1.56. The lowest BCUT2D eigenvalue weighted by Crippen LogP contribution is -2.30. The lowest BCUT2D eigenvalue weighted by Gasteiger charge is -2.24. The highest BCUT2D eigenvalue weighted by Gasteiger charge is 2.19. The molecule has 0 N–H and O–H groups in total. The minimum atomic E-state index is 0.694. The van der Waals surface area contributed by atoms with Crippen LogP contribution in [0.15, 0.2) is 18.2 Å². The molecule has 0 aliphatic carbocycles. The molecular weight excluding hydrogens is 294 g/mol. The van der Waals surface area contributed by atoms with E-state index < -0.39 is 0 Å². The summed E-state index contributed by atoms with van der Waals surface area (Å²) in [6.07, 6.45) is 6.04. The minimum absolute atomic E-state index is 0.694. The van der Waals surface area contributed by atoms with Crippen LogP contribution in [-0.4, -0.2) is 44.6 Å². The second-order valence-electron chi connectivity index (χ2n) is 5.89. The number of rotatable bonds is 3. The van der Waals surface area contributed by atoms with Crippen LogP contribution in [0.2, 0.25) is 0 Å². The number of nitrogens with zero attached hydrogens (tertiary/aromatic N) is 5. The zero-order chi connectivity index (χ0) is 15.5. The van der Waals surface area contributed by atoms with E-state index in [1.807, 2.05) is 42.4 Å². The number of aryl methyl sites for hydroxylation is 2. The van der Waals surface area contributed by atoms with Gasteiger partial charge in [0.15, 0.2) is 11.6 Å². The van der Waals surface area contributed by atoms with Gasteiger partial charge in [-0.3, -0.25) is 0 Å². The highest BCUT2D eigenvalue weighted by atomic mass is 32.2. The Bertz CT molecular complexity index is 622. The molecule has 0 aromatic carbocycles. The maximum atomic E-state index is 4.46. The maximum Gasteiger partial charge on any atom is 0.176 e. The molecule has 3 rings (SSSR count). The minimum Gasteiger partial charge on any atom is -0.354 e. The monoisotopic (exact) mass is 317 g/mol. The van der Waals surface area contributed by atoms with E-state index in [0.29, 0.717) is 5.25 Å². The molecule has 5 nitrogen and oxygen atoms in total. The van der Waals surface area contributed by atoms with Gasteiger partial charge in [0.05, 0.1) is 5.69 Å². The molecule has 2 aromatic heterocycles. The third-order valence-corrected chi connectivity index (χ3v) is 5.20. The van der Waals surface area contributed by atoms with Gasteiger partial charge in [0.1, 0.15) is 0 Å². The number of thioether (sulfide) groups is 1. The van der Waals surface area contributed by atoms with Crippen LogP contribution in [0.3, 0.4) is 0 Å². The Kier molecular flexibility index (Phi) is 4.66. The summed E-state index contributed by atoms with van der Waals surface area (Å²) < 4.78 is 1.85. The van der Waals surface area contributed by atoms with Gasteiger partial charge in [-0.2, -0.15) is 16.9 Å². The van der Waals surface area contributed by atoms with Crippen molar-refractivity contribution < 1.29 is 0 Å². The summed E-state index contributed by atoms with van der Waals surface area (Å²) in [6.45, 7) is 6.17. The Morgan fingerprint density at radius 2 is 1.91 bits per heavy atom. The van der Waals surface area contributed by atoms with Gasteiger partial charge in [0.25, 0.3) is 0 Å². The summed E-state index contributed by atoms with van der Waals surface area (Å²) in [5.74, 6) is 1.76. The molecule has 1 aliphatic rings. The Morgan fingerprint density at radius 1 is 1.14 bits per heavy atom. The summed E-state index contributed by atoms with van der Waals surface area (Å²) in [5, 5.41) is 14.0. The van der Waals surface area contributed by atoms with Gasteiger partial charge >= 0.3 is 0 Å². The van der Waals surface area contributed by atoms with Crippen molar-refractivity contribution in [2.75, 3.05) is 24.2 Å². The van der Waals surface area contributed by atoms with Crippen molar-refractivity contribution in [3.63, 3.8) is 0 Å². The first-order chi connectivity index (χ1) is 10.7. The van der Waals surface area contributed by atoms with Crippen LogP contribution in [0.25, 0.3) is 5.82 Å². The zero-order valence-electron chi connectivity index (χ0n) is 13.5. The molecule has 1 unspecified atom stereocenters. The third kappa shape index (κ3) is 3.27. The first kappa shape index (κ1) is 15.3. The molecule has 1 saturated heterocycles. The molecule has 6 heteroatoms. The zero-order valence-corrected chi connectivity index (χ0v) is 14.3. The topological polar surface area (TPSA) is 46.8 Å². The molecule has 3 heterocycles. The van der Waals surface area contributed by atoms with Crippen molar-refractivity contribution in [1.82, 2.24) is 20.0 Å². The second-order valence-corrected chi connectivity index (χ2v) is 7.03. The van der Waals surface area contributed by atoms with Crippen LogP contribution in [0.5, 0.6) is 0 Å². The molecule has 1 fully saturated rings. The van der Waals surface area contributed by atoms with E-state index in [1.54, 1.807) is 0 Å². The predicted molar refractivity (Wildman–Crippen MR) is 92.0 cm³/mol. The van der Waals surface area contributed by atoms with Crippen molar-refractivity contribution in [1.29, 1.82) is 0 Å². The molecule has 0 amide bonds. The molecule has 22 heavy (non-hydrogen) atoms. The van der Waals surface area contributed by atoms with E-state index in [0.717, 1.165) is 36.1 Å². The Morgan fingerprint density at radius 3 is 2.55 bits per heavy atom. The van der Waals surface area contributed by atoms with E-state index in [4.69, 9.17) is 0 Å². The van der Waals surface area contributed by atoms with Crippen molar-refractivity contribution in [3.8, 4) is 5.82 Å². The molecular formula is C16H23N5S. The van der Waals surface area contributed by atoms with Crippen molar-refractivity contribution >= 4 is 17.6 Å². The molecule has 0 spiro atoms. The molecule has 0 radical (unpaired) electrons. The van der Waals surface area contributed by atoms with Crippen LogP contribution in [0.4, 0.5) is 5.82 Å². The average molecular weight is 317 g/mol. The average Bonchev–Trinajstić information content (AvgIpc) is 2.75. The van der Waals surface area contributed by atoms with E-state index in [2.05, 4.69) is 32.5 Å². The fourth-order valence-electron chi connectivity index (χ4n) is 2.96. The highest BCUT2D eigenvalue weighted by Crippen LogP contribution is 2.23. The SMILES string of the molecule is CSC1CCCCN(c2ccc(-n3nc(C)cc3C)nn2)C1. The molecule has 0 saturated carbocycles. The molecule has 1 aliphatic heterocycles. The van der Waals surface area contributed by atoms with Crippen LogP contribution in [-0.2, 0) is 0 Å². The number of anilines is 1. The highest BCUT2D eigenvalue weighted by molar-refractivity contribution is 7.99. The Labute approximate surface area is 136 Å². The van der Waals surface area contributed by atoms with Gasteiger partial charge in [0.2, 0.25) is 0 Å². The largest absolute Gasteiger partial charge is 0.354 e. The first-order valence-corrected chi connectivity index (χ1v) is 9.11.